The fourth-order valence-electron chi connectivity index (χ4n) is 0.943. The third-order valence-corrected chi connectivity index (χ3v) is 3.00. The minimum absolute atomic E-state index is 0.170. The molecule has 1 heterocycles. The maximum atomic E-state index is 8.58. The zero-order valence-electron chi connectivity index (χ0n) is 6.88. The van der Waals surface area contributed by atoms with E-state index in [-0.39, 0.29) is 12.6 Å². The molecule has 0 aliphatic rings. The molecule has 0 aliphatic carbocycles. The Kier molecular flexibility index (Phi) is 4.01. The Balaban J connectivity index is 2.47. The van der Waals surface area contributed by atoms with E-state index >= 15 is 0 Å². The molecule has 0 bridgehead atoms. The lowest BCUT2D eigenvalue weighted by atomic mass is 10.3. The molecule has 0 fully saturated rings. The van der Waals surface area contributed by atoms with E-state index in [1.54, 1.807) is 11.3 Å². The molecule has 0 aromatic carbocycles. The van der Waals surface area contributed by atoms with Crippen LogP contribution in [0.15, 0.2) is 12.1 Å². The van der Waals surface area contributed by atoms with Crippen LogP contribution in [0.25, 0.3) is 0 Å². The summed E-state index contributed by atoms with van der Waals surface area (Å²) in [5.74, 6) is 0. The molecule has 1 aromatic heterocycles. The minimum Gasteiger partial charge on any atom is -0.395 e. The predicted molar refractivity (Wildman–Crippen MR) is 52.8 cm³/mol. The van der Waals surface area contributed by atoms with Crippen LogP contribution in [0.4, 0.5) is 0 Å². The summed E-state index contributed by atoms with van der Waals surface area (Å²) in [6.45, 7) is 2.85. The average molecular weight is 206 g/mol. The van der Waals surface area contributed by atoms with E-state index < -0.39 is 0 Å². The van der Waals surface area contributed by atoms with Gasteiger partial charge < -0.3 is 10.4 Å². The summed E-state index contributed by atoms with van der Waals surface area (Å²) in [5, 5.41) is 11.7. The van der Waals surface area contributed by atoms with Crippen molar-refractivity contribution in [1.29, 1.82) is 0 Å². The summed E-state index contributed by atoms with van der Waals surface area (Å²) >= 11 is 7.35. The largest absolute Gasteiger partial charge is 0.395 e. The quantitative estimate of drug-likeness (QED) is 0.789. The van der Waals surface area contributed by atoms with Crippen molar-refractivity contribution in [3.05, 3.63) is 21.3 Å². The number of halogens is 1. The Labute approximate surface area is 81.2 Å². The van der Waals surface area contributed by atoms with Gasteiger partial charge in [-0.05, 0) is 19.1 Å². The van der Waals surface area contributed by atoms with Gasteiger partial charge in [-0.2, -0.15) is 0 Å². The number of aliphatic hydroxyl groups excluding tert-OH is 1. The predicted octanol–water partition coefficient (Wildman–Crippen LogP) is 2.04. The number of nitrogens with one attached hydrogen (secondary N) is 1. The topological polar surface area (TPSA) is 32.3 Å². The van der Waals surface area contributed by atoms with Crippen molar-refractivity contribution in [2.75, 3.05) is 13.2 Å². The summed E-state index contributed by atoms with van der Waals surface area (Å²) in [6.07, 6.45) is 0. The molecule has 68 valence electrons. The number of rotatable bonds is 4. The first-order valence-electron chi connectivity index (χ1n) is 3.83. The second-order valence-electron chi connectivity index (χ2n) is 2.54. The Hall–Kier alpha value is -0.0900. The Morgan fingerprint density at radius 3 is 2.92 bits per heavy atom. The zero-order valence-corrected chi connectivity index (χ0v) is 8.45. The van der Waals surface area contributed by atoms with Crippen molar-refractivity contribution >= 4 is 22.9 Å². The van der Waals surface area contributed by atoms with E-state index in [0.717, 1.165) is 4.34 Å². The van der Waals surface area contributed by atoms with E-state index in [9.17, 15) is 0 Å². The lowest BCUT2D eigenvalue weighted by Gasteiger charge is -2.09. The van der Waals surface area contributed by atoms with Gasteiger partial charge in [-0.1, -0.05) is 11.6 Å². The van der Waals surface area contributed by atoms with Crippen LogP contribution in [0.3, 0.4) is 0 Å². The number of thiophene rings is 1. The summed E-state index contributed by atoms with van der Waals surface area (Å²) in [5.41, 5.74) is 0. The average Bonchev–Trinajstić information content (AvgIpc) is 2.47. The van der Waals surface area contributed by atoms with E-state index in [1.807, 2.05) is 12.1 Å². The molecule has 2 nitrogen and oxygen atoms in total. The van der Waals surface area contributed by atoms with E-state index in [2.05, 4.69) is 12.2 Å². The van der Waals surface area contributed by atoms with Gasteiger partial charge in [0, 0.05) is 17.5 Å². The molecular weight excluding hydrogens is 194 g/mol. The smallest absolute Gasteiger partial charge is 0.0931 e. The van der Waals surface area contributed by atoms with Gasteiger partial charge in [0.2, 0.25) is 0 Å². The van der Waals surface area contributed by atoms with Gasteiger partial charge >= 0.3 is 0 Å². The molecule has 0 aliphatic heterocycles. The zero-order chi connectivity index (χ0) is 8.97. The molecule has 0 radical (unpaired) electrons. The molecule has 2 N–H and O–H groups in total. The van der Waals surface area contributed by atoms with Crippen molar-refractivity contribution in [2.24, 2.45) is 0 Å². The molecule has 1 atom stereocenters. The summed E-state index contributed by atoms with van der Waals surface area (Å²) in [7, 11) is 0. The SMILES string of the molecule is C[C@@H](NCCO)c1ccc(Cl)s1. The summed E-state index contributed by atoms with van der Waals surface area (Å²) < 4.78 is 0.808. The fraction of sp³-hybridized carbons (Fsp3) is 0.500. The first-order valence-corrected chi connectivity index (χ1v) is 5.03. The molecule has 0 spiro atoms. The van der Waals surface area contributed by atoms with Gasteiger partial charge in [0.25, 0.3) is 0 Å². The molecule has 0 saturated carbocycles. The monoisotopic (exact) mass is 205 g/mol. The standard InChI is InChI=1S/C8H12ClNOS/c1-6(10-4-5-11)7-2-3-8(9)12-7/h2-3,6,10-11H,4-5H2,1H3/t6-/m1/s1. The van der Waals surface area contributed by atoms with Crippen molar-refractivity contribution < 1.29 is 5.11 Å². The van der Waals surface area contributed by atoms with E-state index in [1.165, 1.54) is 4.88 Å². The van der Waals surface area contributed by atoms with E-state index in [4.69, 9.17) is 16.7 Å². The molecular formula is C8H12ClNOS. The van der Waals surface area contributed by atoms with Gasteiger partial charge in [0.15, 0.2) is 0 Å². The van der Waals surface area contributed by atoms with Crippen LogP contribution >= 0.6 is 22.9 Å². The molecule has 0 amide bonds. The lowest BCUT2D eigenvalue weighted by molar-refractivity contribution is 0.286. The molecule has 12 heavy (non-hydrogen) atoms. The number of hydrogen-bond donors (Lipinski definition) is 2. The van der Waals surface area contributed by atoms with Gasteiger partial charge in [0.05, 0.1) is 10.9 Å². The molecule has 0 unspecified atom stereocenters. The number of hydrogen-bond acceptors (Lipinski definition) is 3. The maximum absolute atomic E-state index is 8.58. The van der Waals surface area contributed by atoms with Crippen LogP contribution in [0, 0.1) is 0 Å². The highest BCUT2D eigenvalue weighted by atomic mass is 35.5. The summed E-state index contributed by atoms with van der Waals surface area (Å²) in [4.78, 5) is 1.20. The molecule has 1 rings (SSSR count). The molecule has 0 saturated heterocycles. The van der Waals surface area contributed by atoms with Crippen molar-refractivity contribution in [3.63, 3.8) is 0 Å². The van der Waals surface area contributed by atoms with Crippen molar-refractivity contribution in [3.8, 4) is 0 Å². The van der Waals surface area contributed by atoms with Crippen LogP contribution in [-0.4, -0.2) is 18.3 Å². The number of aliphatic hydroxyl groups is 1. The highest BCUT2D eigenvalue weighted by molar-refractivity contribution is 7.16. The normalized spacial score (nSPS) is 13.2. The van der Waals surface area contributed by atoms with Gasteiger partial charge in [-0.25, -0.2) is 0 Å². The molecule has 1 aromatic rings. The van der Waals surface area contributed by atoms with Crippen LogP contribution in [0.5, 0.6) is 0 Å². The van der Waals surface area contributed by atoms with Gasteiger partial charge in [-0.3, -0.25) is 0 Å². The maximum Gasteiger partial charge on any atom is 0.0931 e. The summed E-state index contributed by atoms with van der Waals surface area (Å²) in [6, 6.07) is 4.16. The van der Waals surface area contributed by atoms with Crippen LogP contribution < -0.4 is 5.32 Å². The second kappa shape index (κ2) is 4.82. The Morgan fingerprint density at radius 2 is 2.42 bits per heavy atom. The minimum atomic E-state index is 0.170. The lowest BCUT2D eigenvalue weighted by Crippen LogP contribution is -2.21. The van der Waals surface area contributed by atoms with Gasteiger partial charge in [0.1, 0.15) is 0 Å². The first kappa shape index (κ1) is 9.99. The third kappa shape index (κ3) is 2.75. The second-order valence-corrected chi connectivity index (χ2v) is 4.29. The highest BCUT2D eigenvalue weighted by Crippen LogP contribution is 2.26. The van der Waals surface area contributed by atoms with Crippen LogP contribution in [0.2, 0.25) is 4.34 Å². The highest BCUT2D eigenvalue weighted by Gasteiger charge is 2.05. The molecule has 4 heteroatoms. The fourth-order valence-corrected chi connectivity index (χ4v) is 2.03. The van der Waals surface area contributed by atoms with Crippen LogP contribution in [0.1, 0.15) is 17.8 Å². The Bertz CT molecular complexity index is 239. The van der Waals surface area contributed by atoms with E-state index in [0.29, 0.717) is 6.54 Å². The van der Waals surface area contributed by atoms with Crippen molar-refractivity contribution in [2.45, 2.75) is 13.0 Å². The van der Waals surface area contributed by atoms with Crippen LogP contribution in [-0.2, 0) is 0 Å². The first-order chi connectivity index (χ1) is 5.74. The third-order valence-electron chi connectivity index (χ3n) is 1.58. The van der Waals surface area contributed by atoms with Gasteiger partial charge in [-0.15, -0.1) is 11.3 Å². The van der Waals surface area contributed by atoms with Crippen molar-refractivity contribution in [1.82, 2.24) is 5.32 Å². The Morgan fingerprint density at radius 1 is 1.67 bits per heavy atom.